The van der Waals surface area contributed by atoms with Crippen molar-refractivity contribution in [2.24, 2.45) is 5.92 Å². The summed E-state index contributed by atoms with van der Waals surface area (Å²) in [4.78, 5) is 38.4. The first-order valence-corrected chi connectivity index (χ1v) is 9.85. The number of hydrogen-bond acceptors (Lipinski definition) is 3. The zero-order chi connectivity index (χ0) is 22.6. The molecule has 0 radical (unpaired) electrons. The highest BCUT2D eigenvalue weighted by Gasteiger charge is 2.37. The van der Waals surface area contributed by atoms with E-state index in [1.807, 2.05) is 0 Å². The second-order valence-electron chi connectivity index (χ2n) is 6.93. The fraction of sp³-hybridized carbons (Fsp3) is 0.286. The molecule has 3 rings (SSSR count). The van der Waals surface area contributed by atoms with Crippen LogP contribution in [0.2, 0.25) is 5.02 Å². The van der Waals surface area contributed by atoms with Gasteiger partial charge in [-0.05, 0) is 55.0 Å². The Morgan fingerprint density at radius 1 is 1.00 bits per heavy atom. The molecule has 0 aromatic heterocycles. The normalized spacial score (nSPS) is 16.3. The van der Waals surface area contributed by atoms with E-state index in [1.54, 1.807) is 24.3 Å². The Balaban J connectivity index is 1.44. The number of alkyl halides is 3. The van der Waals surface area contributed by atoms with Crippen molar-refractivity contribution >= 4 is 35.0 Å². The van der Waals surface area contributed by atoms with E-state index in [-0.39, 0.29) is 24.6 Å². The second kappa shape index (κ2) is 9.38. The summed E-state index contributed by atoms with van der Waals surface area (Å²) in [6, 6.07) is 10.6. The Morgan fingerprint density at radius 3 is 2.23 bits per heavy atom. The molecule has 1 unspecified atom stereocenters. The first kappa shape index (κ1) is 22.6. The summed E-state index contributed by atoms with van der Waals surface area (Å²) in [6.07, 6.45) is -4.11. The Bertz CT molecular complexity index is 963. The summed E-state index contributed by atoms with van der Waals surface area (Å²) in [5.41, 5.74) is -0.109. The maximum absolute atomic E-state index is 12.6. The third-order valence-corrected chi connectivity index (χ3v) is 5.10. The van der Waals surface area contributed by atoms with Gasteiger partial charge in [0, 0.05) is 35.9 Å². The highest BCUT2D eigenvalue weighted by Crippen LogP contribution is 2.29. The zero-order valence-corrected chi connectivity index (χ0v) is 17.0. The van der Waals surface area contributed by atoms with Gasteiger partial charge in [0.15, 0.2) is 0 Å². The van der Waals surface area contributed by atoms with Crippen LogP contribution < -0.4 is 15.5 Å². The molecule has 0 aliphatic carbocycles. The van der Waals surface area contributed by atoms with E-state index in [4.69, 9.17) is 11.6 Å². The fourth-order valence-electron chi connectivity index (χ4n) is 3.20. The van der Waals surface area contributed by atoms with Gasteiger partial charge in [-0.25, -0.2) is 0 Å². The van der Waals surface area contributed by atoms with E-state index in [1.165, 1.54) is 4.90 Å². The number of nitrogens with one attached hydrogen (secondary N) is 2. The number of carbonyl (C=O) groups excluding carboxylic acids is 3. The van der Waals surface area contributed by atoms with Crippen LogP contribution in [-0.2, 0) is 15.8 Å². The number of carbonyl (C=O) groups is 3. The van der Waals surface area contributed by atoms with Crippen molar-refractivity contribution in [3.8, 4) is 0 Å². The fourth-order valence-corrected chi connectivity index (χ4v) is 3.32. The molecule has 0 bridgehead atoms. The van der Waals surface area contributed by atoms with Crippen molar-refractivity contribution in [3.63, 3.8) is 0 Å². The van der Waals surface area contributed by atoms with E-state index < -0.39 is 29.5 Å². The van der Waals surface area contributed by atoms with Gasteiger partial charge in [0.1, 0.15) is 5.92 Å². The van der Waals surface area contributed by atoms with E-state index in [0.29, 0.717) is 23.7 Å². The van der Waals surface area contributed by atoms with Crippen molar-refractivity contribution in [3.05, 3.63) is 64.7 Å². The Morgan fingerprint density at radius 2 is 1.61 bits per heavy atom. The van der Waals surface area contributed by atoms with E-state index in [2.05, 4.69) is 10.6 Å². The zero-order valence-electron chi connectivity index (χ0n) is 16.2. The second-order valence-corrected chi connectivity index (χ2v) is 7.37. The molecule has 1 atom stereocenters. The predicted octanol–water partition coefficient (Wildman–Crippen LogP) is 3.26. The van der Waals surface area contributed by atoms with Crippen molar-refractivity contribution < 1.29 is 27.6 Å². The van der Waals surface area contributed by atoms with Crippen LogP contribution in [0.15, 0.2) is 48.5 Å². The smallest absolute Gasteiger partial charge is 0.354 e. The van der Waals surface area contributed by atoms with Gasteiger partial charge in [-0.2, -0.15) is 13.2 Å². The average molecular weight is 454 g/mol. The maximum atomic E-state index is 12.6. The molecule has 0 spiro atoms. The van der Waals surface area contributed by atoms with Gasteiger partial charge >= 0.3 is 6.18 Å². The lowest BCUT2D eigenvalue weighted by atomic mass is 10.1. The number of anilines is 1. The van der Waals surface area contributed by atoms with Gasteiger partial charge in [0.2, 0.25) is 11.8 Å². The summed E-state index contributed by atoms with van der Waals surface area (Å²) in [5.74, 6) is -2.13. The van der Waals surface area contributed by atoms with Crippen LogP contribution in [0.5, 0.6) is 0 Å². The molecule has 31 heavy (non-hydrogen) atoms. The van der Waals surface area contributed by atoms with Crippen molar-refractivity contribution in [1.82, 2.24) is 10.6 Å². The molecule has 6 nitrogen and oxygen atoms in total. The van der Waals surface area contributed by atoms with Crippen LogP contribution in [0.1, 0.15) is 22.3 Å². The van der Waals surface area contributed by atoms with Crippen LogP contribution >= 0.6 is 11.6 Å². The molecular weight excluding hydrogens is 435 g/mol. The molecule has 2 aromatic carbocycles. The summed E-state index contributed by atoms with van der Waals surface area (Å²) >= 11 is 5.85. The minimum Gasteiger partial charge on any atom is -0.354 e. The number of nitrogens with zero attached hydrogens (tertiary/aromatic N) is 1. The van der Waals surface area contributed by atoms with Gasteiger partial charge in [-0.15, -0.1) is 0 Å². The molecule has 2 aromatic rings. The highest BCUT2D eigenvalue weighted by molar-refractivity contribution is 6.30. The molecule has 1 heterocycles. The molecule has 164 valence electrons. The molecule has 2 N–H and O–H groups in total. The SMILES string of the molecule is O=C(NCCNC(=O)C1CCN(c2ccc(Cl)cc2)C1=O)c1ccc(C(F)(F)F)cc1. The molecule has 0 saturated carbocycles. The summed E-state index contributed by atoms with van der Waals surface area (Å²) in [7, 11) is 0. The average Bonchev–Trinajstić information content (AvgIpc) is 3.12. The van der Waals surface area contributed by atoms with Crippen molar-refractivity contribution in [1.29, 1.82) is 0 Å². The van der Waals surface area contributed by atoms with Gasteiger partial charge in [0.05, 0.1) is 5.56 Å². The Hall–Kier alpha value is -3.07. The van der Waals surface area contributed by atoms with Crippen molar-refractivity contribution in [2.45, 2.75) is 12.6 Å². The first-order chi connectivity index (χ1) is 14.7. The molecular formula is C21H19ClF3N3O3. The van der Waals surface area contributed by atoms with Gasteiger partial charge in [-0.1, -0.05) is 11.6 Å². The van der Waals surface area contributed by atoms with Crippen LogP contribution in [-0.4, -0.2) is 37.4 Å². The quantitative estimate of drug-likeness (QED) is 0.520. The standard InChI is InChI=1S/C21H19ClF3N3O3/c22-15-5-7-16(8-6-15)28-12-9-17(20(28)31)19(30)27-11-10-26-18(29)13-1-3-14(4-2-13)21(23,24)25/h1-8,17H,9-12H2,(H,26,29)(H,27,30). The van der Waals surface area contributed by atoms with Crippen molar-refractivity contribution in [2.75, 3.05) is 24.5 Å². The van der Waals surface area contributed by atoms with Crippen LogP contribution in [0.4, 0.5) is 18.9 Å². The summed E-state index contributed by atoms with van der Waals surface area (Å²) < 4.78 is 37.7. The van der Waals surface area contributed by atoms with Gasteiger partial charge < -0.3 is 15.5 Å². The molecule has 1 aliphatic heterocycles. The third-order valence-electron chi connectivity index (χ3n) is 4.84. The Labute approximate surface area is 181 Å². The van der Waals surface area contributed by atoms with Crippen LogP contribution in [0, 0.1) is 5.92 Å². The number of halogens is 4. The predicted molar refractivity (Wildman–Crippen MR) is 109 cm³/mol. The maximum Gasteiger partial charge on any atom is 0.416 e. The minimum atomic E-state index is -4.47. The third kappa shape index (κ3) is 5.55. The first-order valence-electron chi connectivity index (χ1n) is 9.47. The minimum absolute atomic E-state index is 0.0629. The monoisotopic (exact) mass is 453 g/mol. The summed E-state index contributed by atoms with van der Waals surface area (Å²) in [6.45, 7) is 0.548. The number of benzene rings is 2. The topological polar surface area (TPSA) is 78.5 Å². The lowest BCUT2D eigenvalue weighted by Crippen LogP contribution is -2.40. The van der Waals surface area contributed by atoms with E-state index in [0.717, 1.165) is 24.3 Å². The van der Waals surface area contributed by atoms with Gasteiger partial charge in [0.25, 0.3) is 5.91 Å². The molecule has 1 aliphatic rings. The van der Waals surface area contributed by atoms with E-state index in [9.17, 15) is 27.6 Å². The van der Waals surface area contributed by atoms with E-state index >= 15 is 0 Å². The molecule has 3 amide bonds. The lowest BCUT2D eigenvalue weighted by molar-refractivity contribution is -0.137. The summed E-state index contributed by atoms with van der Waals surface area (Å²) in [5, 5.41) is 5.66. The highest BCUT2D eigenvalue weighted by atomic mass is 35.5. The van der Waals surface area contributed by atoms with Crippen LogP contribution in [0.25, 0.3) is 0 Å². The number of amides is 3. The Kier molecular flexibility index (Phi) is 6.84. The molecule has 1 fully saturated rings. The van der Waals surface area contributed by atoms with Crippen LogP contribution in [0.3, 0.4) is 0 Å². The van der Waals surface area contributed by atoms with Gasteiger partial charge in [-0.3, -0.25) is 14.4 Å². The lowest BCUT2D eigenvalue weighted by Gasteiger charge is -2.17. The largest absolute Gasteiger partial charge is 0.416 e. The molecule has 10 heteroatoms. The number of rotatable bonds is 6. The number of hydrogen-bond donors (Lipinski definition) is 2. The molecule has 1 saturated heterocycles.